The molecule has 0 radical (unpaired) electrons. The molecule has 1 amide bonds. The summed E-state index contributed by atoms with van der Waals surface area (Å²) in [6.07, 6.45) is 0. The molecule has 0 aromatic heterocycles. The van der Waals surface area contributed by atoms with Crippen molar-refractivity contribution in [1.29, 1.82) is 0 Å². The number of carbonyl (C=O) groups is 1. The van der Waals surface area contributed by atoms with Gasteiger partial charge in [0, 0.05) is 17.5 Å². The van der Waals surface area contributed by atoms with Gasteiger partial charge in [-0.3, -0.25) is 4.79 Å². The second kappa shape index (κ2) is 6.54. The number of amides is 1. The van der Waals surface area contributed by atoms with Crippen molar-refractivity contribution < 1.29 is 4.79 Å². The smallest absolute Gasteiger partial charge is 0.221 e. The largest absolute Gasteiger partial charge is 0.326 e. The molecule has 0 aliphatic heterocycles. The molecule has 2 nitrogen and oxygen atoms in total. The number of nitrogens with one attached hydrogen (secondary N) is 1. The summed E-state index contributed by atoms with van der Waals surface area (Å²) >= 11 is 4.11. The molecule has 0 atom stereocenters. The van der Waals surface area contributed by atoms with Gasteiger partial charge in [-0.25, -0.2) is 0 Å². The summed E-state index contributed by atoms with van der Waals surface area (Å²) in [5.74, 6) is -0.0584. The van der Waals surface area contributed by atoms with Crippen LogP contribution in [0.1, 0.15) is 20.8 Å². The number of rotatable bonds is 1. The first-order valence-corrected chi connectivity index (χ1v) is 4.70. The predicted octanol–water partition coefficient (Wildman–Crippen LogP) is 2.96. The Balaban J connectivity index is 0.000000671. The summed E-state index contributed by atoms with van der Waals surface area (Å²) in [4.78, 5) is 11.5. The predicted molar refractivity (Wildman–Crippen MR) is 59.3 cm³/mol. The average Bonchev–Trinajstić information content (AvgIpc) is 2.12. The quantitative estimate of drug-likeness (QED) is 0.666. The molecule has 1 rings (SSSR count). The number of hydrogen-bond acceptors (Lipinski definition) is 2. The zero-order valence-corrected chi connectivity index (χ0v) is 9.06. The third-order valence-corrected chi connectivity index (χ3v) is 1.49. The maximum atomic E-state index is 10.6. The number of benzene rings is 1. The SMILES string of the molecule is CC.CC(=O)Nc1ccc(S)cc1. The van der Waals surface area contributed by atoms with Crippen molar-refractivity contribution in [2.75, 3.05) is 5.32 Å². The van der Waals surface area contributed by atoms with Gasteiger partial charge in [0.25, 0.3) is 0 Å². The number of anilines is 1. The van der Waals surface area contributed by atoms with E-state index in [0.717, 1.165) is 10.6 Å². The first kappa shape index (κ1) is 12.0. The van der Waals surface area contributed by atoms with Gasteiger partial charge in [0.1, 0.15) is 0 Å². The van der Waals surface area contributed by atoms with E-state index in [1.165, 1.54) is 6.92 Å². The van der Waals surface area contributed by atoms with E-state index in [1.54, 1.807) is 0 Å². The van der Waals surface area contributed by atoms with Crippen LogP contribution in [0.4, 0.5) is 5.69 Å². The van der Waals surface area contributed by atoms with Gasteiger partial charge in [-0.1, -0.05) is 13.8 Å². The average molecular weight is 197 g/mol. The second-order valence-corrected chi connectivity index (χ2v) is 2.74. The molecule has 1 aromatic rings. The first-order chi connectivity index (χ1) is 6.18. The molecule has 72 valence electrons. The zero-order chi connectivity index (χ0) is 10.3. The van der Waals surface area contributed by atoms with Gasteiger partial charge in [0.15, 0.2) is 0 Å². The van der Waals surface area contributed by atoms with Gasteiger partial charge < -0.3 is 5.32 Å². The van der Waals surface area contributed by atoms with Gasteiger partial charge in [0.2, 0.25) is 5.91 Å². The van der Waals surface area contributed by atoms with Crippen LogP contribution >= 0.6 is 12.6 Å². The Kier molecular flexibility index (Phi) is 6.06. The fourth-order valence-corrected chi connectivity index (χ4v) is 0.897. The highest BCUT2D eigenvalue weighted by Gasteiger charge is 1.92. The topological polar surface area (TPSA) is 29.1 Å². The summed E-state index contributed by atoms with van der Waals surface area (Å²) in [7, 11) is 0. The van der Waals surface area contributed by atoms with Crippen molar-refractivity contribution in [3.05, 3.63) is 24.3 Å². The maximum absolute atomic E-state index is 10.6. The van der Waals surface area contributed by atoms with Gasteiger partial charge in [0.05, 0.1) is 0 Å². The van der Waals surface area contributed by atoms with Gasteiger partial charge >= 0.3 is 0 Å². The van der Waals surface area contributed by atoms with Crippen LogP contribution in [0.2, 0.25) is 0 Å². The number of carbonyl (C=O) groups excluding carboxylic acids is 1. The minimum atomic E-state index is -0.0584. The van der Waals surface area contributed by atoms with E-state index in [2.05, 4.69) is 17.9 Å². The van der Waals surface area contributed by atoms with Gasteiger partial charge in [-0.15, -0.1) is 12.6 Å². The van der Waals surface area contributed by atoms with Crippen LogP contribution in [0.5, 0.6) is 0 Å². The Morgan fingerprint density at radius 2 is 1.69 bits per heavy atom. The molecule has 0 fully saturated rings. The molecule has 0 aliphatic carbocycles. The van der Waals surface area contributed by atoms with Crippen molar-refractivity contribution in [3.8, 4) is 0 Å². The molecule has 0 spiro atoms. The normalized spacial score (nSPS) is 8.31. The fraction of sp³-hybridized carbons (Fsp3) is 0.300. The van der Waals surface area contributed by atoms with Crippen LogP contribution in [0, 0.1) is 0 Å². The van der Waals surface area contributed by atoms with E-state index in [-0.39, 0.29) is 5.91 Å². The standard InChI is InChI=1S/C8H9NOS.C2H6/c1-6(10)9-7-2-4-8(11)5-3-7;1-2/h2-5,11H,1H3,(H,9,10);1-2H3. The minimum absolute atomic E-state index is 0.0584. The van der Waals surface area contributed by atoms with Crippen molar-refractivity contribution in [3.63, 3.8) is 0 Å². The highest BCUT2D eigenvalue weighted by molar-refractivity contribution is 7.80. The van der Waals surface area contributed by atoms with Crippen molar-refractivity contribution in [1.82, 2.24) is 0 Å². The van der Waals surface area contributed by atoms with E-state index in [9.17, 15) is 4.79 Å². The number of thiol groups is 1. The van der Waals surface area contributed by atoms with Gasteiger partial charge in [-0.2, -0.15) is 0 Å². The Morgan fingerprint density at radius 1 is 1.23 bits per heavy atom. The van der Waals surface area contributed by atoms with Crippen LogP contribution < -0.4 is 5.32 Å². The Labute approximate surface area is 84.8 Å². The Morgan fingerprint density at radius 3 is 2.08 bits per heavy atom. The highest BCUT2D eigenvalue weighted by Crippen LogP contribution is 2.11. The fourth-order valence-electron chi connectivity index (χ4n) is 0.748. The molecule has 1 aromatic carbocycles. The van der Waals surface area contributed by atoms with Crippen LogP contribution in [-0.4, -0.2) is 5.91 Å². The number of hydrogen-bond donors (Lipinski definition) is 2. The Hall–Kier alpha value is -0.960. The molecular formula is C10H15NOS. The molecule has 0 heterocycles. The first-order valence-electron chi connectivity index (χ1n) is 4.25. The Bertz CT molecular complexity index is 256. The van der Waals surface area contributed by atoms with E-state index >= 15 is 0 Å². The van der Waals surface area contributed by atoms with E-state index < -0.39 is 0 Å². The van der Waals surface area contributed by atoms with Crippen molar-refractivity contribution >= 4 is 24.2 Å². The summed E-state index contributed by atoms with van der Waals surface area (Å²) in [5.41, 5.74) is 0.801. The lowest BCUT2D eigenvalue weighted by Crippen LogP contribution is -2.04. The summed E-state index contributed by atoms with van der Waals surface area (Å²) in [6.45, 7) is 5.48. The second-order valence-electron chi connectivity index (χ2n) is 2.23. The molecule has 0 aliphatic rings. The lowest BCUT2D eigenvalue weighted by atomic mass is 10.3. The van der Waals surface area contributed by atoms with Crippen LogP contribution in [0.15, 0.2) is 29.2 Å². The van der Waals surface area contributed by atoms with E-state index in [0.29, 0.717) is 0 Å². The molecule has 13 heavy (non-hydrogen) atoms. The highest BCUT2D eigenvalue weighted by atomic mass is 32.1. The zero-order valence-electron chi connectivity index (χ0n) is 8.16. The molecule has 0 bridgehead atoms. The van der Waals surface area contributed by atoms with E-state index in [1.807, 2.05) is 38.1 Å². The molecule has 0 unspecified atom stereocenters. The lowest BCUT2D eigenvalue weighted by molar-refractivity contribution is -0.114. The third kappa shape index (κ3) is 5.31. The third-order valence-electron chi connectivity index (χ3n) is 1.19. The van der Waals surface area contributed by atoms with Crippen molar-refractivity contribution in [2.24, 2.45) is 0 Å². The molecule has 1 N–H and O–H groups in total. The van der Waals surface area contributed by atoms with Crippen LogP contribution in [-0.2, 0) is 4.79 Å². The minimum Gasteiger partial charge on any atom is -0.326 e. The van der Waals surface area contributed by atoms with Crippen LogP contribution in [0.25, 0.3) is 0 Å². The lowest BCUT2D eigenvalue weighted by Gasteiger charge is -2.00. The van der Waals surface area contributed by atoms with Crippen LogP contribution in [0.3, 0.4) is 0 Å². The van der Waals surface area contributed by atoms with E-state index in [4.69, 9.17) is 0 Å². The summed E-state index contributed by atoms with van der Waals surface area (Å²) < 4.78 is 0. The van der Waals surface area contributed by atoms with Crippen molar-refractivity contribution in [2.45, 2.75) is 25.7 Å². The summed E-state index contributed by atoms with van der Waals surface area (Å²) in [6, 6.07) is 7.27. The molecule has 3 heteroatoms. The molecule has 0 saturated heterocycles. The summed E-state index contributed by atoms with van der Waals surface area (Å²) in [5, 5.41) is 2.66. The van der Waals surface area contributed by atoms with Gasteiger partial charge in [-0.05, 0) is 24.3 Å². The molecule has 0 saturated carbocycles. The monoisotopic (exact) mass is 197 g/mol. The maximum Gasteiger partial charge on any atom is 0.221 e. The molecular weight excluding hydrogens is 182 g/mol.